The highest BCUT2D eigenvalue weighted by atomic mass is 32.1. The number of aromatic hydroxyl groups is 1. The van der Waals surface area contributed by atoms with Crippen molar-refractivity contribution in [1.29, 1.82) is 0 Å². The number of hydrogen-bond donors (Lipinski definition) is 4. The number of fused-ring (bicyclic) bond motifs is 2. The third-order valence-corrected chi connectivity index (χ3v) is 5.27. The molecule has 148 valence electrons. The number of benzene rings is 3. The average molecular weight is 417 g/mol. The number of aryl methyl sites for hydroxylation is 1. The summed E-state index contributed by atoms with van der Waals surface area (Å²) >= 11 is 4.46. The van der Waals surface area contributed by atoms with Gasteiger partial charge in [0.2, 0.25) is 0 Å². The molecule has 0 aliphatic carbocycles. The van der Waals surface area contributed by atoms with E-state index < -0.39 is 5.97 Å². The van der Waals surface area contributed by atoms with Gasteiger partial charge in [-0.25, -0.2) is 9.78 Å². The lowest BCUT2D eigenvalue weighted by molar-refractivity contribution is 0.0699. The molecule has 0 fully saturated rings. The van der Waals surface area contributed by atoms with E-state index in [1.54, 1.807) is 34.9 Å². The molecule has 0 aliphatic heterocycles. The summed E-state index contributed by atoms with van der Waals surface area (Å²) in [5.41, 5.74) is 2.69. The van der Waals surface area contributed by atoms with Crippen LogP contribution in [0.1, 0.15) is 16.2 Å². The predicted octanol–water partition coefficient (Wildman–Crippen LogP) is 3.96. The van der Waals surface area contributed by atoms with Crippen LogP contribution in [-0.2, 0) is 0 Å². The lowest BCUT2D eigenvalue weighted by Gasteiger charge is -2.13. The van der Waals surface area contributed by atoms with Gasteiger partial charge >= 0.3 is 5.97 Å². The molecule has 0 aliphatic rings. The number of nitrogens with one attached hydrogen (secondary N) is 1. The highest BCUT2D eigenvalue weighted by Gasteiger charge is 2.21. The lowest BCUT2D eigenvalue weighted by Crippen LogP contribution is -2.03. The van der Waals surface area contributed by atoms with Crippen molar-refractivity contribution in [3.05, 3.63) is 59.9 Å². The Morgan fingerprint density at radius 1 is 1.10 bits per heavy atom. The van der Waals surface area contributed by atoms with Crippen LogP contribution in [0.3, 0.4) is 0 Å². The first-order valence-corrected chi connectivity index (χ1v) is 9.48. The maximum Gasteiger partial charge on any atom is 0.336 e. The number of carboxylic acid groups (broad SMARTS) is 1. The molecule has 2 aromatic heterocycles. The zero-order valence-electron chi connectivity index (χ0n) is 15.7. The predicted molar refractivity (Wildman–Crippen MR) is 115 cm³/mol. The van der Waals surface area contributed by atoms with Crippen LogP contribution in [0.4, 0.5) is 0 Å². The van der Waals surface area contributed by atoms with Crippen LogP contribution in [0.2, 0.25) is 0 Å². The SMILES string of the molecule is Cc1nc2cc(O)c(-c3nnc(S)n3-c3ccc(C(=O)O)c4ccccc34)cc2[nH]1. The summed E-state index contributed by atoms with van der Waals surface area (Å²) in [6, 6.07) is 13.7. The summed E-state index contributed by atoms with van der Waals surface area (Å²) in [5, 5.41) is 30.1. The van der Waals surface area contributed by atoms with Gasteiger partial charge < -0.3 is 15.2 Å². The van der Waals surface area contributed by atoms with Gasteiger partial charge in [-0.15, -0.1) is 22.8 Å². The third kappa shape index (κ3) is 2.71. The number of H-pyrrole nitrogens is 1. The van der Waals surface area contributed by atoms with Crippen LogP contribution in [0.5, 0.6) is 5.75 Å². The van der Waals surface area contributed by atoms with Crippen LogP contribution < -0.4 is 0 Å². The Labute approximate surface area is 175 Å². The molecule has 30 heavy (non-hydrogen) atoms. The normalized spacial score (nSPS) is 11.4. The van der Waals surface area contributed by atoms with Crippen LogP contribution in [0.15, 0.2) is 53.7 Å². The number of rotatable bonds is 3. The molecule has 0 saturated heterocycles. The van der Waals surface area contributed by atoms with Crippen LogP contribution >= 0.6 is 12.6 Å². The number of aromatic nitrogens is 5. The van der Waals surface area contributed by atoms with Gasteiger partial charge in [-0.3, -0.25) is 4.57 Å². The highest BCUT2D eigenvalue weighted by molar-refractivity contribution is 7.80. The van der Waals surface area contributed by atoms with Crippen LogP contribution in [0, 0.1) is 6.92 Å². The Hall–Kier alpha value is -3.85. The smallest absolute Gasteiger partial charge is 0.336 e. The summed E-state index contributed by atoms with van der Waals surface area (Å²) in [6.07, 6.45) is 0. The summed E-state index contributed by atoms with van der Waals surface area (Å²) in [4.78, 5) is 19.1. The minimum Gasteiger partial charge on any atom is -0.507 e. The molecule has 0 amide bonds. The van der Waals surface area contributed by atoms with Crippen molar-refractivity contribution in [1.82, 2.24) is 24.7 Å². The zero-order valence-corrected chi connectivity index (χ0v) is 16.6. The molecule has 5 rings (SSSR count). The first-order chi connectivity index (χ1) is 14.4. The van der Waals surface area contributed by atoms with E-state index in [-0.39, 0.29) is 11.3 Å². The summed E-state index contributed by atoms with van der Waals surface area (Å²) < 4.78 is 1.68. The van der Waals surface area contributed by atoms with Crippen LogP contribution in [0.25, 0.3) is 38.9 Å². The van der Waals surface area contributed by atoms with Crippen LogP contribution in [-0.4, -0.2) is 40.9 Å². The fraction of sp³-hybridized carbons (Fsp3) is 0.0476. The summed E-state index contributed by atoms with van der Waals surface area (Å²) in [6.45, 7) is 1.83. The van der Waals surface area contributed by atoms with Crippen molar-refractivity contribution >= 4 is 40.4 Å². The Bertz CT molecular complexity index is 1470. The van der Waals surface area contributed by atoms with Gasteiger partial charge in [0.25, 0.3) is 0 Å². The van der Waals surface area contributed by atoms with Crippen molar-refractivity contribution < 1.29 is 15.0 Å². The van der Waals surface area contributed by atoms with E-state index >= 15 is 0 Å². The molecule has 9 heteroatoms. The molecule has 3 N–H and O–H groups in total. The number of nitrogens with zero attached hydrogens (tertiary/aromatic N) is 4. The number of aromatic carboxylic acids is 1. The fourth-order valence-corrected chi connectivity index (χ4v) is 3.94. The van der Waals surface area contributed by atoms with E-state index in [0.29, 0.717) is 38.5 Å². The van der Waals surface area contributed by atoms with E-state index in [0.717, 1.165) is 11.3 Å². The second-order valence-electron chi connectivity index (χ2n) is 6.85. The molecule has 0 bridgehead atoms. The maximum absolute atomic E-state index is 11.7. The topological polar surface area (TPSA) is 117 Å². The largest absolute Gasteiger partial charge is 0.507 e. The molecule has 0 unspecified atom stereocenters. The first-order valence-electron chi connectivity index (χ1n) is 9.03. The Balaban J connectivity index is 1.80. The van der Waals surface area contributed by atoms with E-state index in [1.807, 2.05) is 19.1 Å². The van der Waals surface area contributed by atoms with Gasteiger partial charge in [0.15, 0.2) is 11.0 Å². The minimum absolute atomic E-state index is 0.00226. The number of phenols is 1. The molecule has 8 nitrogen and oxygen atoms in total. The molecule has 0 radical (unpaired) electrons. The standard InChI is InChI=1S/C21H15N5O3S/c1-10-22-15-8-14(18(27)9-16(15)23-10)19-24-25-21(30)26(19)17-7-6-13(20(28)29)11-4-2-3-5-12(11)17/h2-9,27H,1H3,(H,22,23)(H,25,30)(H,28,29). The van der Waals surface area contributed by atoms with Gasteiger partial charge in [-0.05, 0) is 30.5 Å². The first kappa shape index (κ1) is 18.2. The third-order valence-electron chi connectivity index (χ3n) is 4.98. The van der Waals surface area contributed by atoms with Crippen molar-refractivity contribution in [3.63, 3.8) is 0 Å². The molecule has 0 spiro atoms. The molecule has 5 aromatic rings. The molecule has 0 atom stereocenters. The van der Waals surface area contributed by atoms with Gasteiger partial charge in [0, 0.05) is 11.5 Å². The van der Waals surface area contributed by atoms with Gasteiger partial charge in [0.1, 0.15) is 11.6 Å². The van der Waals surface area contributed by atoms with Crippen molar-refractivity contribution in [2.45, 2.75) is 12.1 Å². The minimum atomic E-state index is -1.01. The molecular weight excluding hydrogens is 402 g/mol. The molecule has 0 saturated carbocycles. The van der Waals surface area contributed by atoms with Gasteiger partial charge in [0.05, 0.1) is 27.8 Å². The number of hydrogen-bond acceptors (Lipinski definition) is 6. The molecular formula is C21H15N5O3S. The number of aromatic amines is 1. The maximum atomic E-state index is 11.7. The number of thiol groups is 1. The van der Waals surface area contributed by atoms with E-state index in [2.05, 4.69) is 32.8 Å². The van der Waals surface area contributed by atoms with Gasteiger partial charge in [-0.1, -0.05) is 24.3 Å². The second-order valence-corrected chi connectivity index (χ2v) is 7.25. The Morgan fingerprint density at radius 3 is 2.63 bits per heavy atom. The zero-order chi connectivity index (χ0) is 21.0. The Morgan fingerprint density at radius 2 is 1.87 bits per heavy atom. The fourth-order valence-electron chi connectivity index (χ4n) is 3.69. The number of phenolic OH excluding ortho intramolecular Hbond substituents is 1. The Kier molecular flexibility index (Phi) is 4.00. The summed E-state index contributed by atoms with van der Waals surface area (Å²) in [7, 11) is 0. The van der Waals surface area contributed by atoms with Crippen molar-refractivity contribution in [3.8, 4) is 22.8 Å². The average Bonchev–Trinajstić information content (AvgIpc) is 3.27. The van der Waals surface area contributed by atoms with Crippen molar-refractivity contribution in [2.75, 3.05) is 0 Å². The lowest BCUT2D eigenvalue weighted by atomic mass is 10.0. The highest BCUT2D eigenvalue weighted by Crippen LogP contribution is 2.36. The molecule has 3 aromatic carbocycles. The van der Waals surface area contributed by atoms with E-state index in [1.165, 1.54) is 6.07 Å². The van der Waals surface area contributed by atoms with E-state index in [9.17, 15) is 15.0 Å². The quantitative estimate of drug-likeness (QED) is 0.330. The monoisotopic (exact) mass is 417 g/mol. The summed E-state index contributed by atoms with van der Waals surface area (Å²) in [5.74, 6) is 0.0982. The van der Waals surface area contributed by atoms with Crippen molar-refractivity contribution in [2.24, 2.45) is 0 Å². The van der Waals surface area contributed by atoms with Gasteiger partial charge in [-0.2, -0.15) is 0 Å². The number of carboxylic acids is 1. The molecule has 2 heterocycles. The number of carbonyl (C=O) groups is 1. The second kappa shape index (κ2) is 6.60. The van der Waals surface area contributed by atoms with E-state index in [4.69, 9.17) is 0 Å². The number of imidazole rings is 1.